The van der Waals surface area contributed by atoms with Gasteiger partial charge in [-0.3, -0.25) is 14.5 Å². The second-order valence-corrected chi connectivity index (χ2v) is 7.26. The highest BCUT2D eigenvalue weighted by Crippen LogP contribution is 2.30. The topological polar surface area (TPSA) is 79.0 Å². The zero-order valence-electron chi connectivity index (χ0n) is 16.2. The van der Waals surface area contributed by atoms with Crippen LogP contribution in [0, 0.1) is 0 Å². The van der Waals surface area contributed by atoms with Crippen LogP contribution in [0.25, 0.3) is 0 Å². The summed E-state index contributed by atoms with van der Waals surface area (Å²) in [6, 6.07) is 11.3. The van der Waals surface area contributed by atoms with E-state index in [1.165, 1.54) is 17.0 Å². The summed E-state index contributed by atoms with van der Waals surface area (Å²) >= 11 is 0. The van der Waals surface area contributed by atoms with E-state index in [4.69, 9.17) is 0 Å². The van der Waals surface area contributed by atoms with Crippen molar-refractivity contribution in [2.75, 3.05) is 11.9 Å². The predicted octanol–water partition coefficient (Wildman–Crippen LogP) is 3.30. The number of alkyl halides is 3. The molecule has 31 heavy (non-hydrogen) atoms. The van der Waals surface area contributed by atoms with Crippen LogP contribution in [-0.4, -0.2) is 46.6 Å². The van der Waals surface area contributed by atoms with Crippen molar-refractivity contribution in [2.24, 2.45) is 0 Å². The Labute approximate surface area is 175 Å². The number of carbonyl (C=O) groups excluding carboxylic acids is 3. The maximum atomic E-state index is 12.7. The van der Waals surface area contributed by atoms with Gasteiger partial charge in [-0.2, -0.15) is 0 Å². The molecule has 4 amide bonds. The number of carbonyl (C=O) groups is 3. The molecule has 10 heteroatoms. The first-order chi connectivity index (χ1) is 14.7. The summed E-state index contributed by atoms with van der Waals surface area (Å²) < 4.78 is 40.4. The number of halogens is 3. The van der Waals surface area contributed by atoms with E-state index in [0.717, 1.165) is 28.2 Å². The van der Waals surface area contributed by atoms with Gasteiger partial charge in [-0.05, 0) is 35.4 Å². The van der Waals surface area contributed by atoms with E-state index >= 15 is 0 Å². The van der Waals surface area contributed by atoms with Crippen LogP contribution < -0.4 is 10.1 Å². The number of urea groups is 1. The van der Waals surface area contributed by atoms with E-state index in [0.29, 0.717) is 13.0 Å². The number of fused-ring (bicyclic) bond motifs is 2. The molecular weight excluding hydrogens is 415 g/mol. The third-order valence-electron chi connectivity index (χ3n) is 5.21. The lowest BCUT2D eigenvalue weighted by Gasteiger charge is -2.28. The molecule has 1 saturated heterocycles. The summed E-state index contributed by atoms with van der Waals surface area (Å²) in [5.41, 5.74) is 2.30. The van der Waals surface area contributed by atoms with Gasteiger partial charge in [0, 0.05) is 31.6 Å². The van der Waals surface area contributed by atoms with Gasteiger partial charge in [0.25, 0.3) is 5.91 Å². The van der Waals surface area contributed by atoms with E-state index in [1.54, 1.807) is 0 Å². The van der Waals surface area contributed by atoms with E-state index in [1.807, 2.05) is 24.3 Å². The van der Waals surface area contributed by atoms with Crippen molar-refractivity contribution in [1.29, 1.82) is 0 Å². The van der Waals surface area contributed by atoms with Crippen molar-refractivity contribution < 1.29 is 32.3 Å². The molecule has 7 nitrogen and oxygen atoms in total. The number of anilines is 1. The molecule has 0 unspecified atom stereocenters. The molecule has 0 aromatic heterocycles. The summed E-state index contributed by atoms with van der Waals surface area (Å²) in [5, 5.41) is 2.52. The van der Waals surface area contributed by atoms with E-state index in [9.17, 15) is 27.6 Å². The summed E-state index contributed by atoms with van der Waals surface area (Å²) in [6.45, 7) is 0.266. The molecular formula is C21H18F3N3O4. The van der Waals surface area contributed by atoms with Crippen LogP contribution in [0.3, 0.4) is 0 Å². The molecule has 2 aromatic rings. The number of nitrogens with one attached hydrogen (secondary N) is 1. The minimum atomic E-state index is -4.80. The molecule has 0 radical (unpaired) electrons. The highest BCUT2D eigenvalue weighted by atomic mass is 19.4. The normalized spacial score (nSPS) is 18.0. The Bertz CT molecular complexity index is 980. The van der Waals surface area contributed by atoms with Crippen LogP contribution in [0.1, 0.15) is 17.5 Å². The van der Waals surface area contributed by atoms with Crippen molar-refractivity contribution in [3.05, 3.63) is 59.7 Å². The van der Waals surface area contributed by atoms with Crippen molar-refractivity contribution in [1.82, 2.24) is 9.80 Å². The Morgan fingerprint density at radius 3 is 2.42 bits per heavy atom. The van der Waals surface area contributed by atoms with Gasteiger partial charge in [0.15, 0.2) is 0 Å². The highest BCUT2D eigenvalue weighted by molar-refractivity contribution is 6.05. The average Bonchev–Trinajstić information content (AvgIpc) is 2.95. The molecule has 0 bridgehead atoms. The van der Waals surface area contributed by atoms with Gasteiger partial charge in [0.2, 0.25) is 5.91 Å². The first-order valence-corrected chi connectivity index (χ1v) is 9.56. The third-order valence-corrected chi connectivity index (χ3v) is 5.21. The number of ether oxygens (including phenoxy) is 1. The fraction of sp³-hybridized carbons (Fsp3) is 0.286. The molecule has 4 rings (SSSR count). The molecule has 2 heterocycles. The minimum absolute atomic E-state index is 0.0812. The Hall–Kier alpha value is -3.56. The van der Waals surface area contributed by atoms with E-state index in [2.05, 4.69) is 10.1 Å². The number of nitrogens with zero attached hydrogens (tertiary/aromatic N) is 2. The highest BCUT2D eigenvalue weighted by Gasteiger charge is 2.46. The van der Waals surface area contributed by atoms with Crippen molar-refractivity contribution in [3.63, 3.8) is 0 Å². The number of amides is 4. The van der Waals surface area contributed by atoms with Gasteiger partial charge < -0.3 is 15.0 Å². The summed E-state index contributed by atoms with van der Waals surface area (Å²) in [7, 11) is 0. The van der Waals surface area contributed by atoms with Crippen molar-refractivity contribution >= 4 is 23.5 Å². The van der Waals surface area contributed by atoms with Gasteiger partial charge in [-0.25, -0.2) is 4.79 Å². The molecule has 1 atom stereocenters. The van der Waals surface area contributed by atoms with E-state index < -0.39 is 30.1 Å². The zero-order chi connectivity index (χ0) is 22.2. The van der Waals surface area contributed by atoms with Crippen molar-refractivity contribution in [3.8, 4) is 5.75 Å². The molecule has 1 N–H and O–H groups in total. The van der Waals surface area contributed by atoms with Crippen LogP contribution in [0.4, 0.5) is 23.7 Å². The standard InChI is InChI=1S/C21H18F3N3O4/c22-21(23,24)31-16-7-5-15(6-8-16)25-18(28)9-10-26-19(29)17-11-13-3-1-2-4-14(13)12-27(17)20(26)30/h1-8,17H,9-12H2,(H,25,28)/t17-/m0/s1. The largest absolute Gasteiger partial charge is 0.573 e. The molecule has 0 aliphatic carbocycles. The predicted molar refractivity (Wildman–Crippen MR) is 103 cm³/mol. The molecule has 2 aromatic carbocycles. The van der Waals surface area contributed by atoms with Crippen LogP contribution in [0.15, 0.2) is 48.5 Å². The zero-order valence-corrected chi connectivity index (χ0v) is 16.2. The fourth-order valence-electron chi connectivity index (χ4n) is 3.76. The SMILES string of the molecule is O=C(CCN1C(=O)[C@@H]2Cc3ccccc3CN2C1=O)Nc1ccc(OC(F)(F)F)cc1. The van der Waals surface area contributed by atoms with Crippen LogP contribution in [-0.2, 0) is 22.6 Å². The lowest BCUT2D eigenvalue weighted by Crippen LogP contribution is -2.39. The van der Waals surface area contributed by atoms with Gasteiger partial charge in [-0.15, -0.1) is 13.2 Å². The molecule has 162 valence electrons. The average molecular weight is 433 g/mol. The Morgan fingerprint density at radius 2 is 1.74 bits per heavy atom. The Balaban J connectivity index is 1.33. The third kappa shape index (κ3) is 4.47. The van der Waals surface area contributed by atoms with E-state index in [-0.39, 0.29) is 24.6 Å². The maximum Gasteiger partial charge on any atom is 0.573 e. The Kier molecular flexibility index (Phi) is 5.30. The first-order valence-electron chi connectivity index (χ1n) is 9.56. The van der Waals surface area contributed by atoms with Gasteiger partial charge >= 0.3 is 12.4 Å². The second kappa shape index (κ2) is 7.93. The first kappa shape index (κ1) is 20.7. The lowest BCUT2D eigenvalue weighted by atomic mass is 9.95. The number of benzene rings is 2. The van der Waals surface area contributed by atoms with Crippen LogP contribution in [0.2, 0.25) is 0 Å². The smallest absolute Gasteiger partial charge is 0.406 e. The molecule has 1 fully saturated rings. The number of hydrogen-bond donors (Lipinski definition) is 1. The second-order valence-electron chi connectivity index (χ2n) is 7.26. The fourth-order valence-corrected chi connectivity index (χ4v) is 3.76. The van der Waals surface area contributed by atoms with Crippen molar-refractivity contribution in [2.45, 2.75) is 31.8 Å². The van der Waals surface area contributed by atoms with Gasteiger partial charge in [0.1, 0.15) is 11.8 Å². The molecule has 0 saturated carbocycles. The summed E-state index contributed by atoms with van der Waals surface area (Å²) in [6.07, 6.45) is -4.49. The number of imide groups is 1. The minimum Gasteiger partial charge on any atom is -0.406 e. The maximum absolute atomic E-state index is 12.7. The monoisotopic (exact) mass is 433 g/mol. The lowest BCUT2D eigenvalue weighted by molar-refractivity contribution is -0.274. The van der Waals surface area contributed by atoms with Gasteiger partial charge in [0.05, 0.1) is 0 Å². The van der Waals surface area contributed by atoms with Crippen LogP contribution >= 0.6 is 0 Å². The number of rotatable bonds is 5. The number of hydrogen-bond acceptors (Lipinski definition) is 4. The molecule has 2 aliphatic heterocycles. The molecule has 2 aliphatic rings. The van der Waals surface area contributed by atoms with Crippen LogP contribution in [0.5, 0.6) is 5.75 Å². The summed E-state index contributed by atoms with van der Waals surface area (Å²) in [4.78, 5) is 40.2. The Morgan fingerprint density at radius 1 is 1.06 bits per heavy atom. The molecule has 0 spiro atoms. The summed E-state index contributed by atoms with van der Waals surface area (Å²) in [5.74, 6) is -1.21. The quantitative estimate of drug-likeness (QED) is 0.734. The van der Waals surface area contributed by atoms with Gasteiger partial charge in [-0.1, -0.05) is 24.3 Å².